The van der Waals surface area contributed by atoms with E-state index in [9.17, 15) is 4.79 Å². The minimum Gasteiger partial charge on any atom is -0.382 e. The van der Waals surface area contributed by atoms with Gasteiger partial charge in [-0.15, -0.1) is 0 Å². The van der Waals surface area contributed by atoms with Gasteiger partial charge in [-0.2, -0.15) is 0 Å². The van der Waals surface area contributed by atoms with Gasteiger partial charge < -0.3 is 15.2 Å². The number of carbonyl (C=O) groups is 1. The van der Waals surface area contributed by atoms with Crippen LogP contribution in [0.25, 0.3) is 22.4 Å². The van der Waals surface area contributed by atoms with Crippen molar-refractivity contribution >= 4 is 40.7 Å². The number of amidine groups is 1. The first-order valence-corrected chi connectivity index (χ1v) is 12.9. The summed E-state index contributed by atoms with van der Waals surface area (Å²) >= 11 is 6.17. The fraction of sp³-hybridized carbons (Fsp3) is 0.250. The van der Waals surface area contributed by atoms with E-state index in [1.165, 1.54) is 6.07 Å². The molecule has 0 bridgehead atoms. The molecule has 6 rings (SSSR count). The van der Waals surface area contributed by atoms with Gasteiger partial charge in [-0.1, -0.05) is 29.8 Å². The van der Waals surface area contributed by atoms with Crippen LogP contribution in [0.3, 0.4) is 0 Å². The molecule has 0 spiro atoms. The summed E-state index contributed by atoms with van der Waals surface area (Å²) in [7, 11) is 0. The summed E-state index contributed by atoms with van der Waals surface area (Å²) in [5.74, 6) is 0.257. The van der Waals surface area contributed by atoms with Crippen molar-refractivity contribution in [2.24, 2.45) is 10.7 Å². The topological polar surface area (TPSA) is 113 Å². The zero-order valence-corrected chi connectivity index (χ0v) is 21.2. The van der Waals surface area contributed by atoms with Crippen molar-refractivity contribution in [1.82, 2.24) is 19.4 Å². The van der Waals surface area contributed by atoms with Gasteiger partial charge >= 0.3 is 0 Å². The zero-order chi connectivity index (χ0) is 26.4. The van der Waals surface area contributed by atoms with Crippen LogP contribution in [0.2, 0.25) is 5.02 Å². The standard InChI is InChI=1S/C28H25ClFN7O/c29-17-9-8-16-14-36(28(38)21(16)10-17)18-4-3-5-19(11-18)37-25-12-23(26(32)34-15-31)33-13-24(25)35-27(37)20-6-1-2-7-22(20)30/h1-2,6-10,12-13,15,18-19H,3-5,11,14H2,(H3,31,32,34)/t18?,19-/m1/s1. The smallest absolute Gasteiger partial charge is 0.254 e. The van der Waals surface area contributed by atoms with Crippen molar-refractivity contribution in [3.05, 3.63) is 82.4 Å². The van der Waals surface area contributed by atoms with Crippen LogP contribution in [-0.4, -0.2) is 43.6 Å². The van der Waals surface area contributed by atoms with E-state index in [1.54, 1.807) is 36.5 Å². The maximum Gasteiger partial charge on any atom is 0.254 e. The fourth-order valence-corrected chi connectivity index (χ4v) is 5.90. The van der Waals surface area contributed by atoms with Gasteiger partial charge in [0.05, 0.1) is 17.3 Å². The van der Waals surface area contributed by atoms with Crippen molar-refractivity contribution in [3.8, 4) is 11.4 Å². The Morgan fingerprint density at radius 3 is 2.79 bits per heavy atom. The number of halogens is 2. The number of rotatable bonds is 5. The molecule has 2 aliphatic rings. The molecule has 1 amide bonds. The van der Waals surface area contributed by atoms with Gasteiger partial charge in [0.1, 0.15) is 29.2 Å². The van der Waals surface area contributed by atoms with Gasteiger partial charge in [0.2, 0.25) is 0 Å². The van der Waals surface area contributed by atoms with Crippen LogP contribution in [0.4, 0.5) is 4.39 Å². The monoisotopic (exact) mass is 529 g/mol. The number of amides is 1. The molecule has 2 aromatic heterocycles. The van der Waals surface area contributed by atoms with Crippen molar-refractivity contribution < 1.29 is 9.18 Å². The lowest BCUT2D eigenvalue weighted by Gasteiger charge is -2.36. The van der Waals surface area contributed by atoms with Crippen LogP contribution in [0.15, 0.2) is 59.7 Å². The van der Waals surface area contributed by atoms with Crippen LogP contribution in [-0.2, 0) is 6.54 Å². The van der Waals surface area contributed by atoms with Gasteiger partial charge in [0.15, 0.2) is 5.84 Å². The van der Waals surface area contributed by atoms with E-state index in [0.29, 0.717) is 46.2 Å². The molecule has 3 N–H and O–H groups in total. The first-order valence-electron chi connectivity index (χ1n) is 12.5. The predicted molar refractivity (Wildman–Crippen MR) is 145 cm³/mol. The molecular weight excluding hydrogens is 505 g/mol. The minimum atomic E-state index is -0.364. The van der Waals surface area contributed by atoms with E-state index in [4.69, 9.17) is 27.7 Å². The van der Waals surface area contributed by atoms with Gasteiger partial charge in [-0.05, 0) is 61.6 Å². The summed E-state index contributed by atoms with van der Waals surface area (Å²) in [4.78, 5) is 28.3. The molecular formula is C28H25ClFN7O. The summed E-state index contributed by atoms with van der Waals surface area (Å²) in [5.41, 5.74) is 9.85. The SMILES string of the molecule is N=CN=C(N)c1cc2c(cn1)nc(-c1ccccc1F)n2[C@@H]1CCCC(N2Cc3ccc(Cl)cc3C2=O)C1. The number of aromatic nitrogens is 3. The van der Waals surface area contributed by atoms with E-state index >= 15 is 4.39 Å². The van der Waals surface area contributed by atoms with Gasteiger partial charge in [0.25, 0.3) is 5.91 Å². The Morgan fingerprint density at radius 2 is 1.97 bits per heavy atom. The molecule has 1 unspecified atom stereocenters. The average molecular weight is 530 g/mol. The molecule has 2 aromatic carbocycles. The molecule has 192 valence electrons. The number of imidazole rings is 1. The lowest BCUT2D eigenvalue weighted by atomic mass is 9.89. The van der Waals surface area contributed by atoms with Crippen molar-refractivity contribution in [3.63, 3.8) is 0 Å². The Bertz CT molecular complexity index is 1610. The van der Waals surface area contributed by atoms with E-state index in [2.05, 4.69) is 14.5 Å². The number of nitrogens with one attached hydrogen (secondary N) is 1. The van der Waals surface area contributed by atoms with E-state index in [-0.39, 0.29) is 29.6 Å². The first-order chi connectivity index (χ1) is 18.4. The van der Waals surface area contributed by atoms with Gasteiger partial charge in [-0.25, -0.2) is 14.4 Å². The van der Waals surface area contributed by atoms with Crippen molar-refractivity contribution in [1.29, 1.82) is 5.41 Å². The van der Waals surface area contributed by atoms with Crippen LogP contribution in [0.1, 0.15) is 53.3 Å². The number of nitrogens with zero attached hydrogens (tertiary/aromatic N) is 5. The number of hydrogen-bond acceptors (Lipinski definition) is 4. The average Bonchev–Trinajstić information content (AvgIpc) is 3.46. The summed E-state index contributed by atoms with van der Waals surface area (Å²) in [6.07, 6.45) is 5.81. The number of benzene rings is 2. The number of pyridine rings is 1. The van der Waals surface area contributed by atoms with E-state index < -0.39 is 0 Å². The predicted octanol–water partition coefficient (Wildman–Crippen LogP) is 5.34. The third kappa shape index (κ3) is 4.12. The molecule has 1 aliphatic carbocycles. The fourth-order valence-electron chi connectivity index (χ4n) is 5.72. The van der Waals surface area contributed by atoms with Crippen LogP contribution in [0, 0.1) is 11.2 Å². The van der Waals surface area contributed by atoms with Crippen molar-refractivity contribution in [2.75, 3.05) is 0 Å². The van der Waals surface area contributed by atoms with E-state index in [0.717, 1.165) is 36.7 Å². The highest BCUT2D eigenvalue weighted by Gasteiger charge is 2.37. The second kappa shape index (κ2) is 9.64. The zero-order valence-electron chi connectivity index (χ0n) is 20.4. The summed E-state index contributed by atoms with van der Waals surface area (Å²) in [6, 6.07) is 13.8. The number of fused-ring (bicyclic) bond motifs is 2. The normalized spacial score (nSPS) is 19.7. The molecule has 0 saturated heterocycles. The van der Waals surface area contributed by atoms with Crippen LogP contribution in [0.5, 0.6) is 0 Å². The lowest BCUT2D eigenvalue weighted by Crippen LogP contribution is -2.39. The number of nitrogens with two attached hydrogens (primary N) is 1. The Kier molecular flexibility index (Phi) is 6.15. The Morgan fingerprint density at radius 1 is 1.16 bits per heavy atom. The molecule has 10 heteroatoms. The van der Waals surface area contributed by atoms with Crippen molar-refractivity contribution in [2.45, 2.75) is 44.3 Å². The first kappa shape index (κ1) is 24.2. The van der Waals surface area contributed by atoms with Crippen LogP contribution >= 0.6 is 11.6 Å². The van der Waals surface area contributed by atoms with Gasteiger partial charge in [-0.3, -0.25) is 15.2 Å². The molecule has 38 heavy (non-hydrogen) atoms. The number of carbonyl (C=O) groups excluding carboxylic acids is 1. The molecule has 1 fully saturated rings. The quantitative estimate of drug-likeness (QED) is 0.268. The number of hydrogen-bond donors (Lipinski definition) is 2. The Balaban J connectivity index is 1.43. The second-order valence-corrected chi connectivity index (χ2v) is 10.1. The molecule has 2 atom stereocenters. The summed E-state index contributed by atoms with van der Waals surface area (Å²) in [6.45, 7) is 0.554. The van der Waals surface area contributed by atoms with Crippen LogP contribution < -0.4 is 5.73 Å². The highest BCUT2D eigenvalue weighted by atomic mass is 35.5. The Labute approximate surface area is 223 Å². The molecule has 1 aliphatic heterocycles. The third-order valence-electron chi connectivity index (χ3n) is 7.49. The highest BCUT2D eigenvalue weighted by Crippen LogP contribution is 2.40. The molecule has 0 radical (unpaired) electrons. The maximum atomic E-state index is 15.0. The van der Waals surface area contributed by atoms with Gasteiger partial charge in [0, 0.05) is 29.2 Å². The molecule has 4 aromatic rings. The maximum absolute atomic E-state index is 15.0. The largest absolute Gasteiger partial charge is 0.382 e. The Hall–Kier alpha value is -4.11. The number of aliphatic imine (C=N–C) groups is 1. The molecule has 3 heterocycles. The summed E-state index contributed by atoms with van der Waals surface area (Å²) < 4.78 is 17.1. The molecule has 8 nitrogen and oxygen atoms in total. The molecule has 1 saturated carbocycles. The highest BCUT2D eigenvalue weighted by molar-refractivity contribution is 6.31. The summed E-state index contributed by atoms with van der Waals surface area (Å²) in [5, 5.41) is 7.80. The third-order valence-corrected chi connectivity index (χ3v) is 7.72. The minimum absolute atomic E-state index is 0.0000758. The second-order valence-electron chi connectivity index (χ2n) is 9.70. The van der Waals surface area contributed by atoms with E-state index in [1.807, 2.05) is 17.0 Å². The lowest BCUT2D eigenvalue weighted by molar-refractivity contribution is 0.0630.